The van der Waals surface area contributed by atoms with Gasteiger partial charge in [0.2, 0.25) is 0 Å². The van der Waals surface area contributed by atoms with Crippen molar-refractivity contribution in [2.45, 2.75) is 59.0 Å². The van der Waals surface area contributed by atoms with Gasteiger partial charge in [-0.1, -0.05) is 33.6 Å². The van der Waals surface area contributed by atoms with Gasteiger partial charge in [0.25, 0.3) is 0 Å². The molecule has 2 rings (SSSR count). The average molecular weight is 182 g/mol. The van der Waals surface area contributed by atoms with Crippen LogP contribution in [0.4, 0.5) is 0 Å². The molecule has 0 N–H and O–H groups in total. The quantitative estimate of drug-likeness (QED) is 0.558. The van der Waals surface area contributed by atoms with E-state index in [1.54, 1.807) is 0 Å². The summed E-state index contributed by atoms with van der Waals surface area (Å²) in [5.41, 5.74) is 0.935. The molecule has 1 heteroatoms. The van der Waals surface area contributed by atoms with Crippen molar-refractivity contribution in [2.75, 3.05) is 6.61 Å². The van der Waals surface area contributed by atoms with Crippen LogP contribution >= 0.6 is 0 Å². The van der Waals surface area contributed by atoms with Crippen molar-refractivity contribution in [3.8, 4) is 0 Å². The van der Waals surface area contributed by atoms with E-state index in [-0.39, 0.29) is 0 Å². The minimum Gasteiger partial charge on any atom is -0.377 e. The Balaban J connectivity index is 2.01. The molecule has 1 aliphatic carbocycles. The van der Waals surface area contributed by atoms with Gasteiger partial charge in [-0.2, -0.15) is 0 Å². The van der Waals surface area contributed by atoms with Crippen LogP contribution in [-0.4, -0.2) is 12.7 Å². The molecule has 1 heterocycles. The average Bonchev–Trinajstić information content (AvgIpc) is 2.60. The Morgan fingerprint density at radius 2 is 1.77 bits per heavy atom. The highest BCUT2D eigenvalue weighted by Gasteiger charge is 2.45. The van der Waals surface area contributed by atoms with E-state index in [0.717, 1.165) is 6.61 Å². The fourth-order valence-corrected chi connectivity index (χ4v) is 2.82. The van der Waals surface area contributed by atoms with Gasteiger partial charge >= 0.3 is 0 Å². The van der Waals surface area contributed by atoms with Gasteiger partial charge in [-0.05, 0) is 30.1 Å². The van der Waals surface area contributed by atoms with Crippen molar-refractivity contribution in [3.63, 3.8) is 0 Å². The second-order valence-electron chi connectivity index (χ2n) is 6.08. The molecular formula is C12H22O. The summed E-state index contributed by atoms with van der Waals surface area (Å²) in [4.78, 5) is 0. The Hall–Kier alpha value is -0.0400. The Morgan fingerprint density at radius 3 is 2.23 bits per heavy atom. The lowest BCUT2D eigenvalue weighted by Gasteiger charge is -2.27. The van der Waals surface area contributed by atoms with Gasteiger partial charge in [0.05, 0.1) is 12.7 Å². The summed E-state index contributed by atoms with van der Waals surface area (Å²) in [5.74, 6) is 0. The van der Waals surface area contributed by atoms with Crippen molar-refractivity contribution < 1.29 is 4.74 Å². The fourth-order valence-electron chi connectivity index (χ4n) is 2.82. The molecule has 1 saturated heterocycles. The van der Waals surface area contributed by atoms with Gasteiger partial charge in [0.1, 0.15) is 0 Å². The van der Waals surface area contributed by atoms with Crippen LogP contribution in [0.5, 0.6) is 0 Å². The molecule has 13 heavy (non-hydrogen) atoms. The number of rotatable bonds is 0. The lowest BCUT2D eigenvalue weighted by molar-refractivity contribution is 0.0250. The summed E-state index contributed by atoms with van der Waals surface area (Å²) in [6.07, 6.45) is 7.52. The van der Waals surface area contributed by atoms with Crippen molar-refractivity contribution >= 4 is 0 Å². The van der Waals surface area contributed by atoms with E-state index in [1.165, 1.54) is 32.1 Å². The van der Waals surface area contributed by atoms with E-state index in [2.05, 4.69) is 20.8 Å². The molecule has 1 saturated carbocycles. The monoisotopic (exact) mass is 182 g/mol. The van der Waals surface area contributed by atoms with Gasteiger partial charge in [-0.15, -0.1) is 0 Å². The number of ether oxygens (including phenoxy) is 1. The molecule has 1 atom stereocenters. The third-order valence-electron chi connectivity index (χ3n) is 3.84. The maximum Gasteiger partial charge on any atom is 0.0629 e. The maximum absolute atomic E-state index is 5.96. The van der Waals surface area contributed by atoms with Crippen LogP contribution in [0.2, 0.25) is 0 Å². The van der Waals surface area contributed by atoms with Crippen LogP contribution in [0.25, 0.3) is 0 Å². The Labute approximate surface area is 81.9 Å². The smallest absolute Gasteiger partial charge is 0.0629 e. The third kappa shape index (κ3) is 1.76. The topological polar surface area (TPSA) is 9.23 Å². The Bertz CT molecular complexity index is 184. The first-order chi connectivity index (χ1) is 6.02. The van der Waals surface area contributed by atoms with Crippen LogP contribution in [-0.2, 0) is 4.74 Å². The van der Waals surface area contributed by atoms with E-state index in [1.807, 2.05) is 0 Å². The lowest BCUT2D eigenvalue weighted by Crippen LogP contribution is -2.26. The van der Waals surface area contributed by atoms with E-state index >= 15 is 0 Å². The largest absolute Gasteiger partial charge is 0.377 e. The van der Waals surface area contributed by atoms with Crippen LogP contribution in [0.1, 0.15) is 52.9 Å². The normalized spacial score (nSPS) is 33.0. The molecule has 76 valence electrons. The molecule has 0 bridgehead atoms. The first-order valence-corrected chi connectivity index (χ1v) is 5.64. The predicted molar refractivity (Wildman–Crippen MR) is 54.7 cm³/mol. The molecular weight excluding hydrogens is 160 g/mol. The highest BCUT2D eigenvalue weighted by Crippen LogP contribution is 2.49. The second kappa shape index (κ2) is 2.98. The molecule has 0 amide bonds. The number of hydrogen-bond donors (Lipinski definition) is 0. The van der Waals surface area contributed by atoms with Crippen LogP contribution in [0.15, 0.2) is 0 Å². The highest BCUT2D eigenvalue weighted by molar-refractivity contribution is 4.94. The summed E-state index contributed by atoms with van der Waals surface area (Å²) in [6, 6.07) is 0. The lowest BCUT2D eigenvalue weighted by atomic mass is 9.77. The standard InChI is InChI=1S/C12H22O/c1-11(2,3)10-8-12(9-13-10)6-4-5-7-12/h10H,4-9H2,1-3H3. The van der Waals surface area contributed by atoms with Crippen molar-refractivity contribution in [3.05, 3.63) is 0 Å². The molecule has 1 spiro atoms. The second-order valence-corrected chi connectivity index (χ2v) is 6.08. The van der Waals surface area contributed by atoms with E-state index in [9.17, 15) is 0 Å². The summed E-state index contributed by atoms with van der Waals surface area (Å²) < 4.78 is 5.96. The predicted octanol–water partition coefficient (Wildman–Crippen LogP) is 3.38. The molecule has 1 aliphatic heterocycles. The summed E-state index contributed by atoms with van der Waals surface area (Å²) in [6.45, 7) is 7.93. The molecule has 2 aliphatic rings. The van der Waals surface area contributed by atoms with Gasteiger partial charge in [-0.3, -0.25) is 0 Å². The molecule has 0 aromatic carbocycles. The zero-order valence-corrected chi connectivity index (χ0v) is 9.23. The van der Waals surface area contributed by atoms with E-state index in [0.29, 0.717) is 16.9 Å². The van der Waals surface area contributed by atoms with Crippen molar-refractivity contribution in [1.82, 2.24) is 0 Å². The molecule has 0 radical (unpaired) electrons. The molecule has 1 unspecified atom stereocenters. The minimum absolute atomic E-state index is 0.339. The third-order valence-corrected chi connectivity index (χ3v) is 3.84. The fraction of sp³-hybridized carbons (Fsp3) is 1.00. The first kappa shape index (κ1) is 9.51. The van der Waals surface area contributed by atoms with Crippen LogP contribution < -0.4 is 0 Å². The molecule has 0 aromatic heterocycles. The van der Waals surface area contributed by atoms with Gasteiger partial charge in [-0.25, -0.2) is 0 Å². The van der Waals surface area contributed by atoms with E-state index < -0.39 is 0 Å². The van der Waals surface area contributed by atoms with Gasteiger partial charge in [0, 0.05) is 0 Å². The van der Waals surface area contributed by atoms with Crippen molar-refractivity contribution in [1.29, 1.82) is 0 Å². The van der Waals surface area contributed by atoms with Crippen molar-refractivity contribution in [2.24, 2.45) is 10.8 Å². The van der Waals surface area contributed by atoms with Gasteiger partial charge in [0.15, 0.2) is 0 Å². The molecule has 0 aromatic rings. The summed E-state index contributed by atoms with van der Waals surface area (Å²) in [5, 5.41) is 0. The summed E-state index contributed by atoms with van der Waals surface area (Å²) in [7, 11) is 0. The first-order valence-electron chi connectivity index (χ1n) is 5.64. The van der Waals surface area contributed by atoms with Crippen LogP contribution in [0, 0.1) is 10.8 Å². The minimum atomic E-state index is 0.339. The number of hydrogen-bond acceptors (Lipinski definition) is 1. The zero-order valence-electron chi connectivity index (χ0n) is 9.23. The SMILES string of the molecule is CC(C)(C)C1CC2(CCCC2)CO1. The summed E-state index contributed by atoms with van der Waals surface area (Å²) >= 11 is 0. The molecule has 2 fully saturated rings. The van der Waals surface area contributed by atoms with Gasteiger partial charge < -0.3 is 4.74 Å². The molecule has 1 nitrogen and oxygen atoms in total. The highest BCUT2D eigenvalue weighted by atomic mass is 16.5. The van der Waals surface area contributed by atoms with Crippen LogP contribution in [0.3, 0.4) is 0 Å². The Morgan fingerprint density at radius 1 is 1.15 bits per heavy atom. The zero-order chi connectivity index (χ0) is 9.53. The maximum atomic E-state index is 5.96. The van der Waals surface area contributed by atoms with E-state index in [4.69, 9.17) is 4.74 Å². The Kier molecular flexibility index (Phi) is 2.18.